The van der Waals surface area contributed by atoms with Gasteiger partial charge in [-0.05, 0) is 35.9 Å². The second-order valence-electron chi connectivity index (χ2n) is 7.29. The molecule has 0 fully saturated rings. The van der Waals surface area contributed by atoms with E-state index in [1.807, 2.05) is 30.3 Å². The fraction of sp³-hybridized carbons (Fsp3) is 0.217. The van der Waals surface area contributed by atoms with Crippen LogP contribution in [-0.4, -0.2) is 20.7 Å². The Morgan fingerprint density at radius 1 is 1.17 bits per heavy atom. The lowest BCUT2D eigenvalue weighted by Gasteiger charge is -2.14. The predicted molar refractivity (Wildman–Crippen MR) is 112 cm³/mol. The van der Waals surface area contributed by atoms with Crippen LogP contribution in [0.1, 0.15) is 17.0 Å². The van der Waals surface area contributed by atoms with Crippen molar-refractivity contribution in [1.29, 1.82) is 0 Å². The van der Waals surface area contributed by atoms with Gasteiger partial charge in [-0.3, -0.25) is 14.3 Å². The fourth-order valence-electron chi connectivity index (χ4n) is 4.05. The molecule has 0 amide bonds. The van der Waals surface area contributed by atoms with Crippen LogP contribution in [0.15, 0.2) is 65.7 Å². The van der Waals surface area contributed by atoms with Crippen molar-refractivity contribution in [2.24, 2.45) is 7.05 Å². The van der Waals surface area contributed by atoms with Gasteiger partial charge in [0, 0.05) is 56.1 Å². The van der Waals surface area contributed by atoms with E-state index in [9.17, 15) is 4.79 Å². The van der Waals surface area contributed by atoms with E-state index in [1.54, 1.807) is 17.0 Å². The highest BCUT2D eigenvalue weighted by atomic mass is 16.5. The van der Waals surface area contributed by atoms with Gasteiger partial charge in [0.25, 0.3) is 5.56 Å². The summed E-state index contributed by atoms with van der Waals surface area (Å²) in [5.41, 5.74) is 5.45. The molecule has 29 heavy (non-hydrogen) atoms. The highest BCUT2D eigenvalue weighted by Gasteiger charge is 2.18. The number of nitrogens with zero attached hydrogens (tertiary/aromatic N) is 3. The summed E-state index contributed by atoms with van der Waals surface area (Å²) in [6, 6.07) is 15.2. The van der Waals surface area contributed by atoms with Crippen molar-refractivity contribution in [3.8, 4) is 11.4 Å². The quantitative estimate of drug-likeness (QED) is 0.586. The van der Waals surface area contributed by atoms with Gasteiger partial charge in [0.2, 0.25) is 0 Å². The summed E-state index contributed by atoms with van der Waals surface area (Å²) < 4.78 is 9.63. The standard InChI is InChI=1S/C23H22N4O2/c1-26-21-7-10-24-14-20(21)19-6-5-17(12-22(19)26)27-11-8-18(13-23(27)28)29-15-16-4-2-3-9-25-16/h2-6,8-9,11-13,24H,7,10,14-15H2,1H3. The second-order valence-corrected chi connectivity index (χ2v) is 7.29. The zero-order valence-electron chi connectivity index (χ0n) is 16.3. The third-order valence-electron chi connectivity index (χ3n) is 5.54. The molecule has 0 saturated carbocycles. The molecule has 0 unspecified atom stereocenters. The van der Waals surface area contributed by atoms with E-state index in [1.165, 1.54) is 22.7 Å². The summed E-state index contributed by atoms with van der Waals surface area (Å²) in [7, 11) is 2.10. The largest absolute Gasteiger partial charge is 0.487 e. The first-order chi connectivity index (χ1) is 14.2. The normalized spacial score (nSPS) is 13.4. The second kappa shape index (κ2) is 7.22. The Balaban J connectivity index is 1.45. The zero-order chi connectivity index (χ0) is 19.8. The number of hydrogen-bond donors (Lipinski definition) is 1. The van der Waals surface area contributed by atoms with Gasteiger partial charge in [-0.2, -0.15) is 0 Å². The van der Waals surface area contributed by atoms with Crippen molar-refractivity contribution in [3.63, 3.8) is 0 Å². The first-order valence-electron chi connectivity index (χ1n) is 9.77. The maximum absolute atomic E-state index is 12.7. The number of rotatable bonds is 4. The lowest BCUT2D eigenvalue weighted by molar-refractivity contribution is 0.300. The molecular formula is C23H22N4O2. The van der Waals surface area contributed by atoms with Crippen molar-refractivity contribution < 1.29 is 4.74 Å². The number of pyridine rings is 2. The molecule has 1 aliphatic rings. The van der Waals surface area contributed by atoms with Gasteiger partial charge < -0.3 is 14.6 Å². The Morgan fingerprint density at radius 2 is 2.10 bits per heavy atom. The zero-order valence-corrected chi connectivity index (χ0v) is 16.3. The Bertz CT molecular complexity index is 1240. The summed E-state index contributed by atoms with van der Waals surface area (Å²) in [4.78, 5) is 16.9. The number of benzene rings is 1. The maximum Gasteiger partial charge on any atom is 0.258 e. The van der Waals surface area contributed by atoms with Crippen molar-refractivity contribution in [1.82, 2.24) is 19.4 Å². The molecule has 0 bridgehead atoms. The highest BCUT2D eigenvalue weighted by Crippen LogP contribution is 2.29. The smallest absolute Gasteiger partial charge is 0.258 e. The molecule has 3 aromatic heterocycles. The molecule has 0 aliphatic carbocycles. The molecule has 1 N–H and O–H groups in total. The maximum atomic E-state index is 12.7. The van der Waals surface area contributed by atoms with E-state index in [0.29, 0.717) is 12.4 Å². The van der Waals surface area contributed by atoms with E-state index in [0.717, 1.165) is 36.4 Å². The Hall–Kier alpha value is -3.38. The topological polar surface area (TPSA) is 61.1 Å². The minimum Gasteiger partial charge on any atom is -0.487 e. The third kappa shape index (κ3) is 3.21. The monoisotopic (exact) mass is 386 g/mol. The fourth-order valence-corrected chi connectivity index (χ4v) is 4.05. The molecule has 0 atom stereocenters. The van der Waals surface area contributed by atoms with E-state index >= 15 is 0 Å². The number of fused-ring (bicyclic) bond motifs is 3. The van der Waals surface area contributed by atoms with Crippen LogP contribution in [0, 0.1) is 0 Å². The van der Waals surface area contributed by atoms with E-state index < -0.39 is 0 Å². The van der Waals surface area contributed by atoms with Crippen molar-refractivity contribution in [2.45, 2.75) is 19.6 Å². The van der Waals surface area contributed by atoms with Crippen LogP contribution < -0.4 is 15.6 Å². The molecule has 4 heterocycles. The minimum atomic E-state index is -0.122. The Labute approximate surface area is 168 Å². The van der Waals surface area contributed by atoms with Crippen molar-refractivity contribution in [3.05, 3.63) is 88.2 Å². The molecular weight excluding hydrogens is 364 g/mol. The lowest BCUT2D eigenvalue weighted by Crippen LogP contribution is -2.24. The van der Waals surface area contributed by atoms with E-state index in [2.05, 4.69) is 34.0 Å². The van der Waals surface area contributed by atoms with Crippen molar-refractivity contribution in [2.75, 3.05) is 6.54 Å². The van der Waals surface area contributed by atoms with Gasteiger partial charge in [-0.1, -0.05) is 12.1 Å². The average molecular weight is 386 g/mol. The van der Waals surface area contributed by atoms with E-state index in [-0.39, 0.29) is 5.56 Å². The van der Waals surface area contributed by atoms with Gasteiger partial charge in [0.05, 0.1) is 16.9 Å². The molecule has 0 radical (unpaired) electrons. The van der Waals surface area contributed by atoms with Gasteiger partial charge in [0.1, 0.15) is 12.4 Å². The lowest BCUT2D eigenvalue weighted by atomic mass is 10.1. The Kier molecular flexibility index (Phi) is 4.41. The molecule has 0 saturated heterocycles. The SMILES string of the molecule is Cn1c2c(c3ccc(-n4ccc(OCc5ccccn5)cc4=O)cc31)CNCC2. The molecule has 6 nitrogen and oxygen atoms in total. The number of nitrogens with one attached hydrogen (secondary N) is 1. The summed E-state index contributed by atoms with van der Waals surface area (Å²) in [6.45, 7) is 2.23. The minimum absolute atomic E-state index is 0.122. The summed E-state index contributed by atoms with van der Waals surface area (Å²) in [5.74, 6) is 0.540. The molecule has 4 aromatic rings. The highest BCUT2D eigenvalue weighted by molar-refractivity contribution is 5.87. The predicted octanol–water partition coefficient (Wildman–Crippen LogP) is 2.95. The molecule has 1 aromatic carbocycles. The third-order valence-corrected chi connectivity index (χ3v) is 5.54. The molecule has 0 spiro atoms. The van der Waals surface area contributed by atoms with Gasteiger partial charge >= 0.3 is 0 Å². The van der Waals surface area contributed by atoms with Crippen LogP contribution in [0.5, 0.6) is 5.75 Å². The first kappa shape index (κ1) is 17.7. The van der Waals surface area contributed by atoms with Crippen LogP contribution in [0.25, 0.3) is 16.6 Å². The first-order valence-corrected chi connectivity index (χ1v) is 9.77. The summed E-state index contributed by atoms with van der Waals surface area (Å²) in [5, 5.41) is 4.70. The van der Waals surface area contributed by atoms with Crippen LogP contribution in [0.2, 0.25) is 0 Å². The van der Waals surface area contributed by atoms with Gasteiger partial charge in [-0.15, -0.1) is 0 Å². The van der Waals surface area contributed by atoms with Gasteiger partial charge in [-0.25, -0.2) is 0 Å². The van der Waals surface area contributed by atoms with E-state index in [4.69, 9.17) is 4.74 Å². The number of hydrogen-bond acceptors (Lipinski definition) is 4. The molecule has 5 rings (SSSR count). The van der Waals surface area contributed by atoms with Crippen LogP contribution >= 0.6 is 0 Å². The van der Waals surface area contributed by atoms with Crippen molar-refractivity contribution >= 4 is 10.9 Å². The molecule has 146 valence electrons. The molecule has 1 aliphatic heterocycles. The summed E-state index contributed by atoms with van der Waals surface area (Å²) in [6.07, 6.45) is 4.52. The number of ether oxygens (including phenoxy) is 1. The average Bonchev–Trinajstić information content (AvgIpc) is 3.05. The summed E-state index contributed by atoms with van der Waals surface area (Å²) >= 11 is 0. The van der Waals surface area contributed by atoms with Gasteiger partial charge in [0.15, 0.2) is 0 Å². The van der Waals surface area contributed by atoms with Crippen LogP contribution in [0.3, 0.4) is 0 Å². The number of aromatic nitrogens is 3. The Morgan fingerprint density at radius 3 is 2.93 bits per heavy atom. The van der Waals surface area contributed by atoms with Crippen LogP contribution in [0.4, 0.5) is 0 Å². The van der Waals surface area contributed by atoms with Crippen LogP contribution in [-0.2, 0) is 26.6 Å². The molecule has 6 heteroatoms. The number of aryl methyl sites for hydroxylation is 1.